The van der Waals surface area contributed by atoms with Crippen molar-refractivity contribution in [2.45, 2.75) is 25.7 Å². The zero-order chi connectivity index (χ0) is 10.7. The Hall–Kier alpha value is -0.570. The van der Waals surface area contributed by atoms with Crippen LogP contribution in [0.25, 0.3) is 0 Å². The Morgan fingerprint density at radius 2 is 1.40 bits per heavy atom. The molecule has 0 N–H and O–H groups in total. The molecule has 0 atom stereocenters. The summed E-state index contributed by atoms with van der Waals surface area (Å²) >= 11 is 0. The summed E-state index contributed by atoms with van der Waals surface area (Å²) in [7, 11) is 2.21. The Labute approximate surface area is 92.4 Å². The van der Waals surface area contributed by atoms with Gasteiger partial charge in [0.05, 0.1) is 0 Å². The highest BCUT2D eigenvalue weighted by Gasteiger charge is 2.28. The van der Waals surface area contributed by atoms with Gasteiger partial charge in [0.25, 0.3) is 0 Å². The summed E-state index contributed by atoms with van der Waals surface area (Å²) < 4.78 is 0. The first kappa shape index (κ1) is 10.9. The highest BCUT2D eigenvalue weighted by atomic mass is 16.1. The van der Waals surface area contributed by atoms with Gasteiger partial charge in [-0.05, 0) is 57.7 Å². The molecule has 1 amide bonds. The second-order valence-corrected chi connectivity index (χ2v) is 5.12. The van der Waals surface area contributed by atoms with Crippen molar-refractivity contribution in [2.75, 3.05) is 33.2 Å². The fraction of sp³-hybridized carbons (Fsp3) is 0.917. The molecular formula is C12H22N2O. The quantitative estimate of drug-likeness (QED) is 0.639. The van der Waals surface area contributed by atoms with Crippen molar-refractivity contribution >= 4 is 6.41 Å². The van der Waals surface area contributed by atoms with E-state index in [0.717, 1.165) is 31.3 Å². The number of likely N-dealkylation sites (tertiary alicyclic amines) is 2. The molecule has 0 aliphatic carbocycles. The third-order valence-electron chi connectivity index (χ3n) is 4.15. The van der Waals surface area contributed by atoms with Gasteiger partial charge >= 0.3 is 0 Å². The van der Waals surface area contributed by atoms with Crippen molar-refractivity contribution in [2.24, 2.45) is 11.8 Å². The van der Waals surface area contributed by atoms with E-state index in [0.29, 0.717) is 0 Å². The maximum absolute atomic E-state index is 10.6. The van der Waals surface area contributed by atoms with Crippen LogP contribution in [-0.2, 0) is 4.79 Å². The van der Waals surface area contributed by atoms with Crippen molar-refractivity contribution in [1.82, 2.24) is 9.80 Å². The lowest BCUT2D eigenvalue weighted by atomic mass is 9.79. The average molecular weight is 210 g/mol. The first-order chi connectivity index (χ1) is 7.29. The van der Waals surface area contributed by atoms with Gasteiger partial charge in [-0.2, -0.15) is 0 Å². The Bertz CT molecular complexity index is 204. The van der Waals surface area contributed by atoms with E-state index in [1.165, 1.54) is 38.8 Å². The van der Waals surface area contributed by atoms with Gasteiger partial charge in [-0.1, -0.05) is 0 Å². The zero-order valence-corrected chi connectivity index (χ0v) is 9.69. The molecule has 2 fully saturated rings. The van der Waals surface area contributed by atoms with Gasteiger partial charge in [0.15, 0.2) is 0 Å². The van der Waals surface area contributed by atoms with Crippen molar-refractivity contribution < 1.29 is 4.79 Å². The van der Waals surface area contributed by atoms with Crippen LogP contribution in [0.3, 0.4) is 0 Å². The van der Waals surface area contributed by atoms with Crippen LogP contribution in [0.5, 0.6) is 0 Å². The molecule has 0 aromatic carbocycles. The fourth-order valence-electron chi connectivity index (χ4n) is 3.00. The molecule has 0 radical (unpaired) electrons. The molecule has 0 aromatic heterocycles. The maximum Gasteiger partial charge on any atom is 0.209 e. The van der Waals surface area contributed by atoms with Crippen LogP contribution in [0.1, 0.15) is 25.7 Å². The summed E-state index contributed by atoms with van der Waals surface area (Å²) in [6.07, 6.45) is 6.19. The minimum atomic E-state index is 0.884. The molecule has 86 valence electrons. The summed E-state index contributed by atoms with van der Waals surface area (Å²) in [6, 6.07) is 0. The molecule has 0 aromatic rings. The highest BCUT2D eigenvalue weighted by Crippen LogP contribution is 2.31. The summed E-state index contributed by atoms with van der Waals surface area (Å²) in [5.74, 6) is 1.81. The Morgan fingerprint density at radius 1 is 0.933 bits per heavy atom. The fourth-order valence-corrected chi connectivity index (χ4v) is 3.00. The number of piperidine rings is 2. The van der Waals surface area contributed by atoms with Crippen LogP contribution in [0.4, 0.5) is 0 Å². The van der Waals surface area contributed by atoms with Gasteiger partial charge in [-0.25, -0.2) is 0 Å². The first-order valence-corrected chi connectivity index (χ1v) is 6.17. The van der Waals surface area contributed by atoms with Gasteiger partial charge in [-0.3, -0.25) is 4.79 Å². The average Bonchev–Trinajstić information content (AvgIpc) is 2.30. The minimum Gasteiger partial charge on any atom is -0.345 e. The molecule has 0 bridgehead atoms. The van der Waals surface area contributed by atoms with Crippen molar-refractivity contribution in [3.8, 4) is 0 Å². The SMILES string of the molecule is CN1CCC(C2CCN(C=O)CC2)CC1. The van der Waals surface area contributed by atoms with Crippen LogP contribution >= 0.6 is 0 Å². The van der Waals surface area contributed by atoms with Crippen LogP contribution in [0.15, 0.2) is 0 Å². The second kappa shape index (κ2) is 4.97. The van der Waals surface area contributed by atoms with Crippen LogP contribution < -0.4 is 0 Å². The van der Waals surface area contributed by atoms with Gasteiger partial charge in [0, 0.05) is 13.1 Å². The van der Waals surface area contributed by atoms with Gasteiger partial charge in [0.1, 0.15) is 0 Å². The van der Waals surface area contributed by atoms with E-state index in [4.69, 9.17) is 0 Å². The van der Waals surface area contributed by atoms with Crippen molar-refractivity contribution in [3.05, 3.63) is 0 Å². The van der Waals surface area contributed by atoms with E-state index in [1.807, 2.05) is 4.90 Å². The summed E-state index contributed by atoms with van der Waals surface area (Å²) in [5, 5.41) is 0. The number of amides is 1. The Balaban J connectivity index is 1.78. The molecule has 2 heterocycles. The maximum atomic E-state index is 10.6. The predicted molar refractivity (Wildman–Crippen MR) is 60.6 cm³/mol. The van der Waals surface area contributed by atoms with E-state index >= 15 is 0 Å². The number of rotatable bonds is 2. The van der Waals surface area contributed by atoms with Crippen LogP contribution in [-0.4, -0.2) is 49.4 Å². The third-order valence-corrected chi connectivity index (χ3v) is 4.15. The zero-order valence-electron chi connectivity index (χ0n) is 9.69. The molecule has 2 saturated heterocycles. The predicted octanol–water partition coefficient (Wildman–Crippen LogP) is 1.20. The Kier molecular flexibility index (Phi) is 3.62. The first-order valence-electron chi connectivity index (χ1n) is 6.17. The van der Waals surface area contributed by atoms with E-state index in [9.17, 15) is 4.79 Å². The minimum absolute atomic E-state index is 0.884. The molecule has 3 nitrogen and oxygen atoms in total. The van der Waals surface area contributed by atoms with E-state index in [2.05, 4.69) is 11.9 Å². The molecule has 0 unspecified atom stereocenters. The second-order valence-electron chi connectivity index (χ2n) is 5.12. The summed E-state index contributed by atoms with van der Waals surface area (Å²) in [6.45, 7) is 4.50. The molecule has 2 rings (SSSR count). The topological polar surface area (TPSA) is 23.6 Å². The normalized spacial score (nSPS) is 26.9. The molecule has 15 heavy (non-hydrogen) atoms. The highest BCUT2D eigenvalue weighted by molar-refractivity contribution is 5.47. The van der Waals surface area contributed by atoms with Crippen LogP contribution in [0, 0.1) is 11.8 Å². The van der Waals surface area contributed by atoms with Gasteiger partial charge < -0.3 is 9.80 Å². The number of carbonyl (C=O) groups is 1. The summed E-state index contributed by atoms with van der Waals surface area (Å²) in [5.41, 5.74) is 0. The number of nitrogens with zero attached hydrogens (tertiary/aromatic N) is 2. The van der Waals surface area contributed by atoms with E-state index < -0.39 is 0 Å². The monoisotopic (exact) mass is 210 g/mol. The molecule has 2 aliphatic heterocycles. The largest absolute Gasteiger partial charge is 0.345 e. The number of hydrogen-bond acceptors (Lipinski definition) is 2. The number of hydrogen-bond donors (Lipinski definition) is 0. The molecule has 0 saturated carbocycles. The molecule has 2 aliphatic rings. The Morgan fingerprint density at radius 3 is 1.87 bits per heavy atom. The van der Waals surface area contributed by atoms with Crippen molar-refractivity contribution in [3.63, 3.8) is 0 Å². The van der Waals surface area contributed by atoms with Gasteiger partial charge in [-0.15, -0.1) is 0 Å². The van der Waals surface area contributed by atoms with Gasteiger partial charge in [0.2, 0.25) is 6.41 Å². The third kappa shape index (κ3) is 2.71. The molecule has 0 spiro atoms. The van der Waals surface area contributed by atoms with E-state index in [-0.39, 0.29) is 0 Å². The molecule has 3 heteroatoms. The number of carbonyl (C=O) groups excluding carboxylic acids is 1. The van der Waals surface area contributed by atoms with E-state index in [1.54, 1.807) is 0 Å². The smallest absolute Gasteiger partial charge is 0.209 e. The standard InChI is InChI=1S/C12H22N2O/c1-13-6-2-11(3-7-13)12-4-8-14(10-15)9-5-12/h10-12H,2-9H2,1H3. The lowest BCUT2D eigenvalue weighted by Crippen LogP contribution is -2.39. The lowest BCUT2D eigenvalue weighted by molar-refractivity contribution is -0.119. The molecular weight excluding hydrogens is 188 g/mol. The van der Waals surface area contributed by atoms with Crippen LogP contribution in [0.2, 0.25) is 0 Å². The van der Waals surface area contributed by atoms with Crippen molar-refractivity contribution in [1.29, 1.82) is 0 Å². The lowest BCUT2D eigenvalue weighted by Gasteiger charge is -2.38. The summed E-state index contributed by atoms with van der Waals surface area (Å²) in [4.78, 5) is 15.0.